The number of aromatic nitrogens is 2. The Bertz CT molecular complexity index is 1060. The average Bonchev–Trinajstić information content (AvgIpc) is 2.77. The summed E-state index contributed by atoms with van der Waals surface area (Å²) in [6.45, 7) is 5.08. The number of hydrogen-bond acceptors (Lipinski definition) is 7. The lowest BCUT2D eigenvalue weighted by Gasteiger charge is -2.29. The molecule has 0 aliphatic heterocycles. The topological polar surface area (TPSA) is 103 Å². The molecule has 3 aromatic rings. The molecule has 0 spiro atoms. The number of aliphatic hydroxyl groups is 1. The van der Waals surface area contributed by atoms with Crippen molar-refractivity contribution in [2.24, 2.45) is 0 Å². The van der Waals surface area contributed by atoms with E-state index in [4.69, 9.17) is 14.2 Å². The van der Waals surface area contributed by atoms with Crippen molar-refractivity contribution in [1.82, 2.24) is 15.3 Å². The maximum absolute atomic E-state index is 12.7. The van der Waals surface area contributed by atoms with E-state index < -0.39 is 23.7 Å². The van der Waals surface area contributed by atoms with Crippen LogP contribution in [0, 0.1) is 0 Å². The zero-order valence-corrected chi connectivity index (χ0v) is 19.0. The molecule has 0 aliphatic carbocycles. The molecular formula is C24H29N3O5. The van der Waals surface area contributed by atoms with Gasteiger partial charge >= 0.3 is 12.1 Å². The molecule has 1 amide bonds. The van der Waals surface area contributed by atoms with Gasteiger partial charge in [-0.15, -0.1) is 0 Å². The molecule has 8 nitrogen and oxygen atoms in total. The number of amides is 1. The van der Waals surface area contributed by atoms with Gasteiger partial charge in [0.1, 0.15) is 5.60 Å². The minimum absolute atomic E-state index is 0.104. The summed E-state index contributed by atoms with van der Waals surface area (Å²) >= 11 is 0. The Balaban J connectivity index is 2.07. The van der Waals surface area contributed by atoms with Crippen molar-refractivity contribution in [1.29, 1.82) is 0 Å². The number of hydrogen-bond donors (Lipinski definition) is 2. The van der Waals surface area contributed by atoms with Gasteiger partial charge in [-0.2, -0.15) is 9.97 Å². The maximum atomic E-state index is 12.7. The molecule has 2 atom stereocenters. The van der Waals surface area contributed by atoms with Gasteiger partial charge in [0.15, 0.2) is 0 Å². The molecule has 0 fully saturated rings. The molecule has 0 saturated carbocycles. The molecule has 2 unspecified atom stereocenters. The molecule has 0 radical (unpaired) electrons. The lowest BCUT2D eigenvalue weighted by atomic mass is 9.89. The third-order valence-corrected chi connectivity index (χ3v) is 4.88. The number of nitrogens with one attached hydrogen (secondary N) is 1. The summed E-state index contributed by atoms with van der Waals surface area (Å²) in [5, 5.41) is 15.4. The van der Waals surface area contributed by atoms with Crippen LogP contribution in [0.2, 0.25) is 0 Å². The van der Waals surface area contributed by atoms with Crippen molar-refractivity contribution in [2.75, 3.05) is 20.8 Å². The van der Waals surface area contributed by atoms with E-state index in [2.05, 4.69) is 15.3 Å². The normalized spacial score (nSPS) is 13.3. The Morgan fingerprint density at radius 2 is 1.75 bits per heavy atom. The van der Waals surface area contributed by atoms with Crippen LogP contribution in [0.4, 0.5) is 4.79 Å². The van der Waals surface area contributed by atoms with Crippen LogP contribution in [0.25, 0.3) is 10.8 Å². The Hall–Kier alpha value is -3.39. The van der Waals surface area contributed by atoms with E-state index in [0.717, 1.165) is 16.3 Å². The summed E-state index contributed by atoms with van der Waals surface area (Å²) in [5.74, 6) is -0.325. The number of methoxy groups -OCH3 is 2. The van der Waals surface area contributed by atoms with Crippen molar-refractivity contribution in [3.05, 3.63) is 59.8 Å². The SMILES string of the molecule is COc1cc(C(CO)C(NC(=O)OC(C)(C)C)c2ccc3ccccc3c2)nc(OC)n1. The van der Waals surface area contributed by atoms with Crippen LogP contribution in [0.15, 0.2) is 48.5 Å². The second-order valence-corrected chi connectivity index (χ2v) is 8.34. The van der Waals surface area contributed by atoms with Gasteiger partial charge in [0.05, 0.1) is 32.6 Å². The number of aliphatic hydroxyl groups excluding tert-OH is 1. The monoisotopic (exact) mass is 439 g/mol. The quantitative estimate of drug-likeness (QED) is 0.574. The molecule has 2 aromatic carbocycles. The number of carbonyl (C=O) groups is 1. The highest BCUT2D eigenvalue weighted by atomic mass is 16.6. The number of carbonyl (C=O) groups excluding carboxylic acids is 1. The molecule has 3 rings (SSSR count). The van der Waals surface area contributed by atoms with E-state index in [0.29, 0.717) is 11.6 Å². The minimum Gasteiger partial charge on any atom is -0.481 e. The highest BCUT2D eigenvalue weighted by Crippen LogP contribution is 2.33. The molecule has 0 bridgehead atoms. The number of fused-ring (bicyclic) bond motifs is 1. The van der Waals surface area contributed by atoms with Gasteiger partial charge in [-0.3, -0.25) is 0 Å². The van der Waals surface area contributed by atoms with E-state index in [1.54, 1.807) is 26.8 Å². The van der Waals surface area contributed by atoms with Crippen molar-refractivity contribution in [2.45, 2.75) is 38.3 Å². The van der Waals surface area contributed by atoms with E-state index in [1.165, 1.54) is 14.2 Å². The zero-order valence-electron chi connectivity index (χ0n) is 19.0. The van der Waals surface area contributed by atoms with Crippen LogP contribution in [0.1, 0.15) is 44.0 Å². The standard InChI is InChI=1S/C24H29N3O5/c1-24(2,3)32-23(29)27-21(17-11-10-15-8-6-7-9-16(15)12-17)18(14-28)19-13-20(30-4)26-22(25-19)31-5/h6-13,18,21,28H,14H2,1-5H3,(H,27,29). The summed E-state index contributed by atoms with van der Waals surface area (Å²) in [6.07, 6.45) is -0.595. The van der Waals surface area contributed by atoms with Crippen molar-refractivity contribution in [3.8, 4) is 11.9 Å². The second-order valence-electron chi connectivity index (χ2n) is 8.34. The first-order valence-corrected chi connectivity index (χ1v) is 10.3. The summed E-state index contributed by atoms with van der Waals surface area (Å²) in [7, 11) is 2.94. The van der Waals surface area contributed by atoms with E-state index in [1.807, 2.05) is 42.5 Å². The predicted molar refractivity (Wildman–Crippen MR) is 121 cm³/mol. The Kier molecular flexibility index (Phi) is 7.15. The fraction of sp³-hybridized carbons (Fsp3) is 0.375. The van der Waals surface area contributed by atoms with Gasteiger partial charge < -0.3 is 24.6 Å². The van der Waals surface area contributed by atoms with Crippen LogP contribution >= 0.6 is 0 Å². The van der Waals surface area contributed by atoms with Gasteiger partial charge in [-0.25, -0.2) is 4.79 Å². The van der Waals surface area contributed by atoms with Gasteiger partial charge in [-0.1, -0.05) is 36.4 Å². The van der Waals surface area contributed by atoms with Crippen molar-refractivity contribution < 1.29 is 24.1 Å². The molecule has 1 aromatic heterocycles. The van der Waals surface area contributed by atoms with Gasteiger partial charge in [0.2, 0.25) is 5.88 Å². The lowest BCUT2D eigenvalue weighted by molar-refractivity contribution is 0.0487. The first-order chi connectivity index (χ1) is 15.2. The summed E-state index contributed by atoms with van der Waals surface area (Å²) < 4.78 is 15.9. The first kappa shape index (κ1) is 23.3. The van der Waals surface area contributed by atoms with Crippen LogP contribution in [0.3, 0.4) is 0 Å². The summed E-state index contributed by atoms with van der Waals surface area (Å²) in [5.41, 5.74) is 0.587. The van der Waals surface area contributed by atoms with Crippen LogP contribution in [-0.2, 0) is 4.74 Å². The molecule has 2 N–H and O–H groups in total. The Morgan fingerprint density at radius 3 is 2.38 bits per heavy atom. The molecule has 0 aliphatic rings. The smallest absolute Gasteiger partial charge is 0.408 e. The van der Waals surface area contributed by atoms with E-state index >= 15 is 0 Å². The van der Waals surface area contributed by atoms with E-state index in [-0.39, 0.29) is 12.6 Å². The first-order valence-electron chi connectivity index (χ1n) is 10.3. The highest BCUT2D eigenvalue weighted by Gasteiger charge is 2.30. The average molecular weight is 440 g/mol. The molecule has 1 heterocycles. The lowest BCUT2D eigenvalue weighted by Crippen LogP contribution is -2.38. The molecule has 0 saturated heterocycles. The molecule has 8 heteroatoms. The van der Waals surface area contributed by atoms with Crippen molar-refractivity contribution in [3.63, 3.8) is 0 Å². The summed E-state index contributed by atoms with van der Waals surface area (Å²) in [6, 6.07) is 14.9. The van der Waals surface area contributed by atoms with Crippen LogP contribution in [-0.4, -0.2) is 47.6 Å². The van der Waals surface area contributed by atoms with Gasteiger partial charge in [0, 0.05) is 12.0 Å². The fourth-order valence-corrected chi connectivity index (χ4v) is 3.43. The number of rotatable bonds is 7. The second kappa shape index (κ2) is 9.82. The molecule has 170 valence electrons. The number of alkyl carbamates (subject to hydrolysis) is 1. The van der Waals surface area contributed by atoms with Crippen LogP contribution in [0.5, 0.6) is 11.9 Å². The van der Waals surface area contributed by atoms with Gasteiger partial charge in [0.25, 0.3) is 0 Å². The molecule has 32 heavy (non-hydrogen) atoms. The third kappa shape index (κ3) is 5.64. The number of benzene rings is 2. The van der Waals surface area contributed by atoms with Gasteiger partial charge in [-0.05, 0) is 43.2 Å². The molecular weight excluding hydrogens is 410 g/mol. The number of nitrogens with zero attached hydrogens (tertiary/aromatic N) is 2. The third-order valence-electron chi connectivity index (χ3n) is 4.88. The Labute approximate surface area is 187 Å². The summed E-state index contributed by atoms with van der Waals surface area (Å²) in [4.78, 5) is 21.2. The predicted octanol–water partition coefficient (Wildman–Crippen LogP) is 3.99. The highest BCUT2D eigenvalue weighted by molar-refractivity contribution is 5.83. The number of ether oxygens (including phenoxy) is 3. The van der Waals surface area contributed by atoms with Crippen molar-refractivity contribution >= 4 is 16.9 Å². The zero-order chi connectivity index (χ0) is 23.3. The maximum Gasteiger partial charge on any atom is 0.408 e. The fourth-order valence-electron chi connectivity index (χ4n) is 3.43. The van der Waals surface area contributed by atoms with E-state index in [9.17, 15) is 9.90 Å². The van der Waals surface area contributed by atoms with Crippen LogP contribution < -0.4 is 14.8 Å². The Morgan fingerprint density at radius 1 is 1.03 bits per heavy atom. The largest absolute Gasteiger partial charge is 0.481 e. The minimum atomic E-state index is -0.673.